The van der Waals surface area contributed by atoms with Crippen LogP contribution in [0.2, 0.25) is 0 Å². The Kier molecular flexibility index (Phi) is 7.42. The van der Waals surface area contributed by atoms with Gasteiger partial charge in [-0.1, -0.05) is 86.6 Å². The molecule has 0 aliphatic rings. The minimum atomic E-state index is -0.538. The fourth-order valence-corrected chi connectivity index (χ4v) is 3.66. The Balaban J connectivity index is 1.47. The SMILES string of the molecule is CCC(C)c1ccc(OC(COc2ccccc2)OCc2cccc3ccccc23)cc1. The van der Waals surface area contributed by atoms with Crippen LogP contribution >= 0.6 is 0 Å². The van der Waals surface area contributed by atoms with Crippen LogP contribution in [-0.4, -0.2) is 12.9 Å². The highest BCUT2D eigenvalue weighted by molar-refractivity contribution is 5.85. The summed E-state index contributed by atoms with van der Waals surface area (Å²) in [7, 11) is 0. The average Bonchev–Trinajstić information content (AvgIpc) is 2.86. The smallest absolute Gasteiger partial charge is 0.234 e. The molecule has 0 saturated carbocycles. The zero-order valence-corrected chi connectivity index (χ0v) is 18.7. The summed E-state index contributed by atoms with van der Waals surface area (Å²) < 4.78 is 18.4. The summed E-state index contributed by atoms with van der Waals surface area (Å²) in [6, 6.07) is 32.6. The second-order valence-electron chi connectivity index (χ2n) is 8.00. The molecule has 2 unspecified atom stereocenters. The van der Waals surface area contributed by atoms with E-state index in [2.05, 4.69) is 68.4 Å². The van der Waals surface area contributed by atoms with Gasteiger partial charge in [-0.3, -0.25) is 0 Å². The van der Waals surface area contributed by atoms with Gasteiger partial charge in [0.1, 0.15) is 11.5 Å². The maximum absolute atomic E-state index is 6.21. The number of para-hydroxylation sites is 1. The summed E-state index contributed by atoms with van der Waals surface area (Å²) in [6.07, 6.45) is 0.575. The third-order valence-corrected chi connectivity index (χ3v) is 5.76. The van der Waals surface area contributed by atoms with E-state index < -0.39 is 6.29 Å². The normalized spacial score (nSPS) is 12.9. The van der Waals surface area contributed by atoms with Gasteiger partial charge in [-0.25, -0.2) is 0 Å². The molecular formula is C29H30O3. The third-order valence-electron chi connectivity index (χ3n) is 5.76. The van der Waals surface area contributed by atoms with Gasteiger partial charge in [-0.05, 0) is 58.5 Å². The average molecular weight is 427 g/mol. The predicted octanol–water partition coefficient (Wildman–Crippen LogP) is 7.35. The van der Waals surface area contributed by atoms with Gasteiger partial charge in [-0.2, -0.15) is 0 Å². The van der Waals surface area contributed by atoms with Crippen LogP contribution < -0.4 is 9.47 Å². The molecule has 0 fully saturated rings. The van der Waals surface area contributed by atoms with Gasteiger partial charge in [-0.15, -0.1) is 0 Å². The van der Waals surface area contributed by atoms with Crippen molar-refractivity contribution in [2.24, 2.45) is 0 Å². The number of rotatable bonds is 10. The van der Waals surface area contributed by atoms with Gasteiger partial charge in [0, 0.05) is 0 Å². The van der Waals surface area contributed by atoms with Crippen molar-refractivity contribution in [2.75, 3.05) is 6.61 Å². The molecule has 0 saturated heterocycles. The molecule has 0 heterocycles. The molecule has 0 aliphatic carbocycles. The standard InChI is InChI=1S/C29H30O3/c1-3-22(2)23-16-18-27(19-17-23)32-29(21-30-26-13-5-4-6-14-26)31-20-25-12-9-11-24-10-7-8-15-28(24)25/h4-19,22,29H,3,20-21H2,1-2H3. The molecule has 4 rings (SSSR count). The van der Waals surface area contributed by atoms with Gasteiger partial charge in [0.2, 0.25) is 6.29 Å². The van der Waals surface area contributed by atoms with Crippen molar-refractivity contribution in [1.82, 2.24) is 0 Å². The zero-order valence-electron chi connectivity index (χ0n) is 18.7. The van der Waals surface area contributed by atoms with E-state index >= 15 is 0 Å². The fourth-order valence-electron chi connectivity index (χ4n) is 3.66. The number of benzene rings is 4. The molecule has 3 nitrogen and oxygen atoms in total. The number of hydrogen-bond acceptors (Lipinski definition) is 3. The van der Waals surface area contributed by atoms with Gasteiger partial charge in [0.25, 0.3) is 0 Å². The molecule has 0 amide bonds. The van der Waals surface area contributed by atoms with Crippen LogP contribution in [0.15, 0.2) is 97.1 Å². The lowest BCUT2D eigenvalue weighted by Crippen LogP contribution is -2.28. The Morgan fingerprint density at radius 3 is 2.22 bits per heavy atom. The quantitative estimate of drug-likeness (QED) is 0.248. The second kappa shape index (κ2) is 10.8. The summed E-state index contributed by atoms with van der Waals surface area (Å²) >= 11 is 0. The van der Waals surface area contributed by atoms with Crippen LogP contribution in [0.3, 0.4) is 0 Å². The number of ether oxygens (including phenoxy) is 3. The Morgan fingerprint density at radius 2 is 1.44 bits per heavy atom. The highest BCUT2D eigenvalue weighted by Crippen LogP contribution is 2.24. The Bertz CT molecular complexity index is 1100. The van der Waals surface area contributed by atoms with Crippen LogP contribution in [0, 0.1) is 0 Å². The topological polar surface area (TPSA) is 27.7 Å². The highest BCUT2D eigenvalue weighted by Gasteiger charge is 2.14. The largest absolute Gasteiger partial charge is 0.487 e. The molecule has 0 radical (unpaired) electrons. The van der Waals surface area contributed by atoms with Crippen LogP contribution in [0.5, 0.6) is 11.5 Å². The fraction of sp³-hybridized carbons (Fsp3) is 0.241. The van der Waals surface area contributed by atoms with Crippen LogP contribution in [0.25, 0.3) is 10.8 Å². The maximum atomic E-state index is 6.21. The van der Waals surface area contributed by atoms with E-state index in [-0.39, 0.29) is 0 Å². The van der Waals surface area contributed by atoms with E-state index in [0.29, 0.717) is 19.1 Å². The van der Waals surface area contributed by atoms with E-state index in [0.717, 1.165) is 23.5 Å². The maximum Gasteiger partial charge on any atom is 0.234 e. The van der Waals surface area contributed by atoms with Crippen molar-refractivity contribution >= 4 is 10.8 Å². The van der Waals surface area contributed by atoms with Crippen molar-refractivity contribution in [3.05, 3.63) is 108 Å². The first kappa shape index (κ1) is 21.9. The monoisotopic (exact) mass is 426 g/mol. The van der Waals surface area contributed by atoms with Gasteiger partial charge in [0.05, 0.1) is 6.61 Å². The van der Waals surface area contributed by atoms with Gasteiger partial charge >= 0.3 is 0 Å². The Labute approximate surface area is 190 Å². The Morgan fingerprint density at radius 1 is 0.719 bits per heavy atom. The molecule has 0 bridgehead atoms. The van der Waals surface area contributed by atoms with Crippen LogP contribution in [0.4, 0.5) is 0 Å². The summed E-state index contributed by atoms with van der Waals surface area (Å²) in [6.45, 7) is 5.17. The summed E-state index contributed by atoms with van der Waals surface area (Å²) in [5.74, 6) is 2.10. The van der Waals surface area contributed by atoms with E-state index in [9.17, 15) is 0 Å². The lowest BCUT2D eigenvalue weighted by atomic mass is 9.99. The first-order valence-electron chi connectivity index (χ1n) is 11.3. The molecule has 164 valence electrons. The summed E-state index contributed by atoms with van der Waals surface area (Å²) in [4.78, 5) is 0. The third kappa shape index (κ3) is 5.68. The summed E-state index contributed by atoms with van der Waals surface area (Å²) in [5.41, 5.74) is 2.44. The molecular weight excluding hydrogens is 396 g/mol. The molecule has 32 heavy (non-hydrogen) atoms. The molecule has 0 aliphatic heterocycles. The highest BCUT2D eigenvalue weighted by atomic mass is 16.7. The van der Waals surface area contributed by atoms with Crippen molar-refractivity contribution < 1.29 is 14.2 Å². The first-order valence-corrected chi connectivity index (χ1v) is 11.3. The van der Waals surface area contributed by atoms with Crippen molar-refractivity contribution in [1.29, 1.82) is 0 Å². The molecule has 2 atom stereocenters. The van der Waals surface area contributed by atoms with Gasteiger partial charge < -0.3 is 14.2 Å². The lowest BCUT2D eigenvalue weighted by molar-refractivity contribution is -0.109. The van der Waals surface area contributed by atoms with E-state index in [4.69, 9.17) is 14.2 Å². The molecule has 4 aromatic rings. The van der Waals surface area contributed by atoms with Crippen molar-refractivity contribution in [3.8, 4) is 11.5 Å². The zero-order chi connectivity index (χ0) is 22.2. The van der Waals surface area contributed by atoms with Crippen molar-refractivity contribution in [3.63, 3.8) is 0 Å². The Hall–Kier alpha value is -3.30. The van der Waals surface area contributed by atoms with Crippen LogP contribution in [0.1, 0.15) is 37.3 Å². The molecule has 0 spiro atoms. The molecule has 0 N–H and O–H groups in total. The summed E-state index contributed by atoms with van der Waals surface area (Å²) in [5, 5.41) is 2.39. The number of fused-ring (bicyclic) bond motifs is 1. The molecule has 4 aromatic carbocycles. The van der Waals surface area contributed by atoms with E-state index in [1.807, 2.05) is 42.5 Å². The van der Waals surface area contributed by atoms with Crippen LogP contribution in [-0.2, 0) is 11.3 Å². The molecule has 3 heteroatoms. The molecule has 0 aromatic heterocycles. The predicted molar refractivity (Wildman–Crippen MR) is 130 cm³/mol. The lowest BCUT2D eigenvalue weighted by Gasteiger charge is -2.21. The van der Waals surface area contributed by atoms with Crippen molar-refractivity contribution in [2.45, 2.75) is 39.1 Å². The van der Waals surface area contributed by atoms with E-state index in [1.54, 1.807) is 0 Å². The minimum absolute atomic E-state index is 0.294. The van der Waals surface area contributed by atoms with E-state index in [1.165, 1.54) is 16.3 Å². The first-order chi connectivity index (χ1) is 15.7. The number of hydrogen-bond donors (Lipinski definition) is 0. The van der Waals surface area contributed by atoms with Gasteiger partial charge in [0.15, 0.2) is 6.61 Å². The minimum Gasteiger partial charge on any atom is -0.487 e. The second-order valence-corrected chi connectivity index (χ2v) is 8.00.